The normalized spacial score (nSPS) is 9.91. The molecule has 0 unspecified atom stereocenters. The quantitative estimate of drug-likeness (QED) is 0.632. The fourth-order valence-corrected chi connectivity index (χ4v) is 2.02. The molecule has 0 heterocycles. The van der Waals surface area contributed by atoms with Crippen molar-refractivity contribution >= 4 is 24.3 Å². The Hall–Kier alpha value is -1.79. The lowest BCUT2D eigenvalue weighted by Crippen LogP contribution is -2.26. The Kier molecular flexibility index (Phi) is 9.21. The smallest absolute Gasteiger partial charge is 0.339 e. The number of halogens is 1. The van der Waals surface area contributed by atoms with E-state index in [-0.39, 0.29) is 36.2 Å². The molecule has 6 nitrogen and oxygen atoms in total. The van der Waals surface area contributed by atoms with Gasteiger partial charge in [-0.2, -0.15) is 0 Å². The van der Waals surface area contributed by atoms with Gasteiger partial charge in [0.1, 0.15) is 11.3 Å². The van der Waals surface area contributed by atoms with Gasteiger partial charge < -0.3 is 20.8 Å². The largest absolute Gasteiger partial charge is 0.507 e. The van der Waals surface area contributed by atoms with E-state index in [9.17, 15) is 14.7 Å². The second-order valence-electron chi connectivity index (χ2n) is 4.97. The van der Waals surface area contributed by atoms with E-state index in [1.807, 2.05) is 0 Å². The molecule has 0 fully saturated rings. The van der Waals surface area contributed by atoms with Gasteiger partial charge in [0.25, 0.3) is 0 Å². The maximum atomic E-state index is 11.9. The molecule has 1 aromatic carbocycles. The summed E-state index contributed by atoms with van der Waals surface area (Å²) in [6, 6.07) is 4.49. The molecule has 0 spiro atoms. The van der Waals surface area contributed by atoms with Crippen LogP contribution in [0.1, 0.15) is 41.6 Å². The van der Waals surface area contributed by atoms with Gasteiger partial charge in [0.15, 0.2) is 0 Å². The van der Waals surface area contributed by atoms with E-state index in [1.165, 1.54) is 11.0 Å². The van der Waals surface area contributed by atoms with Gasteiger partial charge in [-0.1, -0.05) is 18.6 Å². The number of nitrogens with zero attached hydrogens (tertiary/aromatic N) is 1. The summed E-state index contributed by atoms with van der Waals surface area (Å²) in [5, 5.41) is 18.9. The lowest BCUT2D eigenvalue weighted by Gasteiger charge is -2.18. The number of amides is 1. The zero-order chi connectivity index (χ0) is 15.8. The highest BCUT2D eigenvalue weighted by molar-refractivity contribution is 5.91. The highest BCUT2D eigenvalue weighted by Gasteiger charge is 2.16. The summed E-state index contributed by atoms with van der Waals surface area (Å²) in [7, 11) is 1.64. The van der Waals surface area contributed by atoms with E-state index >= 15 is 0 Å². The number of unbranched alkanes of at least 4 members (excludes halogenated alkanes) is 2. The molecule has 0 aliphatic carbocycles. The minimum atomic E-state index is -1.19. The van der Waals surface area contributed by atoms with Crippen molar-refractivity contribution in [2.24, 2.45) is 5.73 Å². The molecule has 1 aromatic rings. The molecule has 22 heavy (non-hydrogen) atoms. The Morgan fingerprint density at radius 2 is 1.91 bits per heavy atom. The first-order chi connectivity index (χ1) is 9.97. The van der Waals surface area contributed by atoms with E-state index in [1.54, 1.807) is 19.2 Å². The highest BCUT2D eigenvalue weighted by Crippen LogP contribution is 2.23. The third-order valence-corrected chi connectivity index (χ3v) is 3.28. The summed E-state index contributed by atoms with van der Waals surface area (Å²) in [4.78, 5) is 24.4. The van der Waals surface area contributed by atoms with Crippen LogP contribution in [0.4, 0.5) is 0 Å². The molecule has 124 valence electrons. The maximum absolute atomic E-state index is 11.9. The number of para-hydroxylation sites is 1. The lowest BCUT2D eigenvalue weighted by molar-refractivity contribution is -0.130. The standard InChI is InChI=1S/C15H22N2O4.ClH/c1-17(13(18)8-3-2-4-9-16)10-11-6-5-7-12(14(11)19)15(20)21;/h5-7,19H,2-4,8-10,16H2,1H3,(H,20,21);1H. The number of hydrogen-bond donors (Lipinski definition) is 3. The van der Waals surface area contributed by atoms with Crippen molar-refractivity contribution in [1.82, 2.24) is 4.90 Å². The fourth-order valence-electron chi connectivity index (χ4n) is 2.02. The minimum Gasteiger partial charge on any atom is -0.507 e. The molecule has 0 aliphatic heterocycles. The van der Waals surface area contributed by atoms with Crippen LogP contribution in [0.15, 0.2) is 18.2 Å². The van der Waals surface area contributed by atoms with Crippen molar-refractivity contribution in [2.45, 2.75) is 32.2 Å². The molecule has 4 N–H and O–H groups in total. The lowest BCUT2D eigenvalue weighted by atomic mass is 10.1. The fraction of sp³-hybridized carbons (Fsp3) is 0.467. The van der Waals surface area contributed by atoms with Crippen molar-refractivity contribution in [3.8, 4) is 5.75 Å². The first-order valence-corrected chi connectivity index (χ1v) is 6.95. The van der Waals surface area contributed by atoms with Crippen LogP contribution in [0.5, 0.6) is 5.75 Å². The topological polar surface area (TPSA) is 104 Å². The molecular weight excluding hydrogens is 308 g/mol. The second kappa shape index (κ2) is 10.0. The Balaban J connectivity index is 0.00000441. The summed E-state index contributed by atoms with van der Waals surface area (Å²) in [6.07, 6.45) is 3.02. The van der Waals surface area contributed by atoms with Crippen LogP contribution < -0.4 is 5.73 Å². The number of aromatic hydroxyl groups is 1. The van der Waals surface area contributed by atoms with Crippen molar-refractivity contribution in [1.29, 1.82) is 0 Å². The van der Waals surface area contributed by atoms with Crippen LogP contribution in [0, 0.1) is 0 Å². The molecule has 0 saturated heterocycles. The van der Waals surface area contributed by atoms with Gasteiger partial charge in [-0.15, -0.1) is 12.4 Å². The van der Waals surface area contributed by atoms with Crippen LogP contribution in [-0.4, -0.2) is 40.6 Å². The third kappa shape index (κ3) is 5.91. The molecular formula is C15H23ClN2O4. The van der Waals surface area contributed by atoms with Crippen LogP contribution in [-0.2, 0) is 11.3 Å². The third-order valence-electron chi connectivity index (χ3n) is 3.28. The Morgan fingerprint density at radius 1 is 1.23 bits per heavy atom. The maximum Gasteiger partial charge on any atom is 0.339 e. The zero-order valence-corrected chi connectivity index (χ0v) is 13.4. The predicted octanol–water partition coefficient (Wildman–Crippen LogP) is 1.99. The summed E-state index contributed by atoms with van der Waals surface area (Å²) in [6.45, 7) is 0.808. The van der Waals surface area contributed by atoms with E-state index in [0.717, 1.165) is 19.3 Å². The van der Waals surface area contributed by atoms with Gasteiger partial charge in [0.05, 0.1) is 0 Å². The number of nitrogens with two attached hydrogens (primary N) is 1. The average Bonchev–Trinajstić information content (AvgIpc) is 2.45. The van der Waals surface area contributed by atoms with E-state index < -0.39 is 5.97 Å². The number of carboxylic acids is 1. The average molecular weight is 331 g/mol. The highest BCUT2D eigenvalue weighted by atomic mass is 35.5. The molecule has 7 heteroatoms. The van der Waals surface area contributed by atoms with E-state index in [0.29, 0.717) is 18.5 Å². The van der Waals surface area contributed by atoms with Crippen molar-refractivity contribution in [2.75, 3.05) is 13.6 Å². The minimum absolute atomic E-state index is 0. The molecule has 0 radical (unpaired) electrons. The van der Waals surface area contributed by atoms with Gasteiger partial charge in [0, 0.05) is 25.6 Å². The summed E-state index contributed by atoms with van der Waals surface area (Å²) in [5.41, 5.74) is 5.66. The zero-order valence-electron chi connectivity index (χ0n) is 12.6. The second-order valence-corrected chi connectivity index (χ2v) is 4.97. The number of carbonyl (C=O) groups excluding carboxylic acids is 1. The number of benzene rings is 1. The van der Waals surface area contributed by atoms with Crippen molar-refractivity contribution in [3.63, 3.8) is 0 Å². The van der Waals surface area contributed by atoms with Gasteiger partial charge in [0.2, 0.25) is 5.91 Å². The van der Waals surface area contributed by atoms with Crippen LogP contribution >= 0.6 is 12.4 Å². The number of hydrogen-bond acceptors (Lipinski definition) is 4. The number of carbonyl (C=O) groups is 2. The van der Waals surface area contributed by atoms with Crippen molar-refractivity contribution in [3.05, 3.63) is 29.3 Å². The molecule has 0 aromatic heterocycles. The predicted molar refractivity (Wildman–Crippen MR) is 86.3 cm³/mol. The van der Waals surface area contributed by atoms with E-state index in [4.69, 9.17) is 10.8 Å². The number of aromatic carboxylic acids is 1. The Bertz CT molecular complexity index is 508. The van der Waals surface area contributed by atoms with Gasteiger partial charge in [-0.25, -0.2) is 4.79 Å². The van der Waals surface area contributed by atoms with Crippen LogP contribution in [0.25, 0.3) is 0 Å². The van der Waals surface area contributed by atoms with Gasteiger partial charge in [-0.3, -0.25) is 4.79 Å². The van der Waals surface area contributed by atoms with E-state index in [2.05, 4.69) is 0 Å². The molecule has 1 amide bonds. The van der Waals surface area contributed by atoms with Crippen molar-refractivity contribution < 1.29 is 19.8 Å². The first kappa shape index (κ1) is 20.2. The van der Waals surface area contributed by atoms with Crippen LogP contribution in [0.2, 0.25) is 0 Å². The summed E-state index contributed by atoms with van der Waals surface area (Å²) < 4.78 is 0. The monoisotopic (exact) mass is 330 g/mol. The summed E-state index contributed by atoms with van der Waals surface area (Å²) >= 11 is 0. The first-order valence-electron chi connectivity index (χ1n) is 6.95. The Labute approximate surface area is 136 Å². The number of carboxylic acid groups (broad SMARTS) is 1. The SMILES string of the molecule is CN(Cc1cccc(C(=O)O)c1O)C(=O)CCCCCN.Cl. The van der Waals surface area contributed by atoms with Gasteiger partial charge >= 0.3 is 5.97 Å². The molecule has 0 aliphatic rings. The summed E-state index contributed by atoms with van der Waals surface area (Å²) in [5.74, 6) is -1.51. The molecule has 0 atom stereocenters. The molecule has 1 rings (SSSR count). The van der Waals surface area contributed by atoms with Crippen LogP contribution in [0.3, 0.4) is 0 Å². The molecule has 0 saturated carbocycles. The number of rotatable bonds is 8. The number of phenols is 1. The van der Waals surface area contributed by atoms with Gasteiger partial charge in [-0.05, 0) is 25.5 Å². The Morgan fingerprint density at radius 3 is 2.50 bits per heavy atom. The molecule has 0 bridgehead atoms.